The molecule has 0 saturated carbocycles. The lowest BCUT2D eigenvalue weighted by Gasteiger charge is -2.08. The van der Waals surface area contributed by atoms with Gasteiger partial charge in [-0.3, -0.25) is 10.1 Å². The lowest BCUT2D eigenvalue weighted by molar-refractivity contribution is -0.384. The third kappa shape index (κ3) is 3.39. The van der Waals surface area contributed by atoms with Crippen molar-refractivity contribution in [3.63, 3.8) is 0 Å². The summed E-state index contributed by atoms with van der Waals surface area (Å²) in [5.41, 5.74) is 8.48. The van der Waals surface area contributed by atoms with Crippen molar-refractivity contribution in [3.8, 4) is 21.8 Å². The molecule has 0 aliphatic heterocycles. The summed E-state index contributed by atoms with van der Waals surface area (Å²) < 4.78 is 0. The highest BCUT2D eigenvalue weighted by Gasteiger charge is 2.16. The number of nitro groups is 1. The summed E-state index contributed by atoms with van der Waals surface area (Å²) in [7, 11) is 0. The Kier molecular flexibility index (Phi) is 4.50. The van der Waals surface area contributed by atoms with E-state index in [1.54, 1.807) is 6.07 Å². The van der Waals surface area contributed by atoms with E-state index in [0.29, 0.717) is 16.3 Å². The molecule has 1 heterocycles. The van der Waals surface area contributed by atoms with Gasteiger partial charge in [-0.05, 0) is 18.3 Å². The van der Waals surface area contributed by atoms with Gasteiger partial charge in [0.25, 0.3) is 5.69 Å². The first-order valence-electron chi connectivity index (χ1n) is 6.91. The van der Waals surface area contributed by atoms with Gasteiger partial charge in [0.1, 0.15) is 5.01 Å². The average molecular weight is 356 g/mol. The monoisotopic (exact) mass is 356 g/mol. The number of nitro benzene ring substituents is 1. The van der Waals surface area contributed by atoms with Gasteiger partial charge < -0.3 is 11.1 Å². The van der Waals surface area contributed by atoms with E-state index in [4.69, 9.17) is 18.0 Å². The van der Waals surface area contributed by atoms with Crippen molar-refractivity contribution in [1.82, 2.24) is 4.98 Å². The number of rotatable bonds is 4. The van der Waals surface area contributed by atoms with Crippen molar-refractivity contribution in [2.45, 2.75) is 0 Å². The highest BCUT2D eigenvalue weighted by atomic mass is 32.1. The Balaban J connectivity index is 2.07. The summed E-state index contributed by atoms with van der Waals surface area (Å²) in [6.45, 7) is 0. The summed E-state index contributed by atoms with van der Waals surface area (Å²) in [6, 6.07) is 14.2. The van der Waals surface area contributed by atoms with Crippen LogP contribution in [0.15, 0.2) is 53.9 Å². The molecule has 1 aromatic heterocycles. The number of benzene rings is 2. The van der Waals surface area contributed by atoms with Gasteiger partial charge in [0, 0.05) is 28.6 Å². The lowest BCUT2D eigenvalue weighted by atomic mass is 10.1. The number of aromatic nitrogens is 1. The molecule has 0 amide bonds. The molecule has 0 aliphatic carbocycles. The average Bonchev–Trinajstić information content (AvgIpc) is 3.05. The molecule has 24 heavy (non-hydrogen) atoms. The molecule has 0 unspecified atom stereocenters. The van der Waals surface area contributed by atoms with Crippen LogP contribution in [0.5, 0.6) is 0 Å². The minimum absolute atomic E-state index is 0.0186. The second-order valence-corrected chi connectivity index (χ2v) is 6.18. The molecule has 0 fully saturated rings. The molecule has 8 heteroatoms. The third-order valence-corrected chi connectivity index (χ3v) is 4.25. The number of non-ortho nitro benzene ring substituents is 1. The third-order valence-electron chi connectivity index (χ3n) is 3.28. The van der Waals surface area contributed by atoms with E-state index in [0.717, 1.165) is 11.3 Å². The minimum Gasteiger partial charge on any atom is -0.376 e. The van der Waals surface area contributed by atoms with Gasteiger partial charge in [0.05, 0.1) is 16.3 Å². The molecule has 3 N–H and O–H groups in total. The fourth-order valence-electron chi connectivity index (χ4n) is 2.20. The highest BCUT2D eigenvalue weighted by molar-refractivity contribution is 7.80. The largest absolute Gasteiger partial charge is 0.376 e. The van der Waals surface area contributed by atoms with Crippen LogP contribution < -0.4 is 11.1 Å². The summed E-state index contributed by atoms with van der Waals surface area (Å²) in [4.78, 5) is 15.2. The number of nitrogens with two attached hydrogens (primary N) is 1. The second kappa shape index (κ2) is 6.73. The standard InChI is InChI=1S/C16H12N4O2S2/c17-16(23)19-13-7-6-11(20(21)22)8-12(13)15-18-14(9-24-15)10-4-2-1-3-5-10/h1-9H,(H3,17,19,23). The first-order valence-corrected chi connectivity index (χ1v) is 8.19. The van der Waals surface area contributed by atoms with E-state index in [1.165, 1.54) is 23.5 Å². The van der Waals surface area contributed by atoms with Gasteiger partial charge in [-0.15, -0.1) is 11.3 Å². The maximum atomic E-state index is 11.1. The van der Waals surface area contributed by atoms with E-state index < -0.39 is 4.92 Å². The summed E-state index contributed by atoms with van der Waals surface area (Å²) in [6.07, 6.45) is 0. The first-order chi connectivity index (χ1) is 11.5. The molecular formula is C16H12N4O2S2. The topological polar surface area (TPSA) is 94.1 Å². The van der Waals surface area contributed by atoms with Crippen LogP contribution in [0, 0.1) is 10.1 Å². The zero-order chi connectivity index (χ0) is 17.1. The molecule has 3 aromatic rings. The van der Waals surface area contributed by atoms with Crippen LogP contribution in [0.25, 0.3) is 21.8 Å². The molecule has 0 bridgehead atoms. The van der Waals surface area contributed by atoms with E-state index in [-0.39, 0.29) is 10.8 Å². The van der Waals surface area contributed by atoms with E-state index in [9.17, 15) is 10.1 Å². The van der Waals surface area contributed by atoms with Gasteiger partial charge in [-0.2, -0.15) is 0 Å². The number of thiocarbonyl (C=S) groups is 1. The molecule has 0 radical (unpaired) electrons. The number of hydrogen-bond acceptors (Lipinski definition) is 5. The molecule has 0 aliphatic rings. The van der Waals surface area contributed by atoms with Crippen LogP contribution in [0.3, 0.4) is 0 Å². The van der Waals surface area contributed by atoms with Crippen LogP contribution in [0.1, 0.15) is 0 Å². The van der Waals surface area contributed by atoms with Crippen LogP contribution in [-0.4, -0.2) is 15.0 Å². The van der Waals surface area contributed by atoms with Gasteiger partial charge in [-0.25, -0.2) is 4.98 Å². The predicted molar refractivity (Wildman–Crippen MR) is 100 cm³/mol. The van der Waals surface area contributed by atoms with Crippen molar-refractivity contribution in [2.24, 2.45) is 5.73 Å². The van der Waals surface area contributed by atoms with Gasteiger partial charge in [0.15, 0.2) is 5.11 Å². The number of nitrogens with zero attached hydrogens (tertiary/aromatic N) is 2. The van der Waals surface area contributed by atoms with Crippen molar-refractivity contribution >= 4 is 40.0 Å². The molecular weight excluding hydrogens is 344 g/mol. The SMILES string of the molecule is NC(=S)Nc1ccc([N+](=O)[O-])cc1-c1nc(-c2ccccc2)cs1. The molecule has 2 aromatic carbocycles. The minimum atomic E-state index is -0.445. The molecule has 3 rings (SSSR count). The predicted octanol–water partition coefficient (Wildman–Crippen LogP) is 4.04. The molecule has 0 atom stereocenters. The van der Waals surface area contributed by atoms with Crippen LogP contribution in [-0.2, 0) is 0 Å². The molecule has 0 saturated heterocycles. The van der Waals surface area contributed by atoms with Crippen LogP contribution in [0.4, 0.5) is 11.4 Å². The fraction of sp³-hybridized carbons (Fsp3) is 0. The summed E-state index contributed by atoms with van der Waals surface area (Å²) in [5, 5.41) is 16.6. The van der Waals surface area contributed by atoms with E-state index in [1.807, 2.05) is 35.7 Å². The zero-order valence-electron chi connectivity index (χ0n) is 12.3. The summed E-state index contributed by atoms with van der Waals surface area (Å²) >= 11 is 6.27. The van der Waals surface area contributed by atoms with Crippen molar-refractivity contribution in [1.29, 1.82) is 0 Å². The van der Waals surface area contributed by atoms with Crippen molar-refractivity contribution in [3.05, 3.63) is 64.0 Å². The first kappa shape index (κ1) is 16.0. The number of nitrogens with one attached hydrogen (secondary N) is 1. The summed E-state index contributed by atoms with van der Waals surface area (Å²) in [5.74, 6) is 0. The number of hydrogen-bond donors (Lipinski definition) is 2. The Morgan fingerprint density at radius 1 is 1.25 bits per heavy atom. The van der Waals surface area contributed by atoms with E-state index >= 15 is 0 Å². The maximum Gasteiger partial charge on any atom is 0.270 e. The van der Waals surface area contributed by atoms with Gasteiger partial charge in [-0.1, -0.05) is 30.3 Å². The molecule has 0 spiro atoms. The highest BCUT2D eigenvalue weighted by Crippen LogP contribution is 2.35. The normalized spacial score (nSPS) is 10.3. The Labute approximate surface area is 147 Å². The maximum absolute atomic E-state index is 11.1. The Morgan fingerprint density at radius 3 is 2.67 bits per heavy atom. The second-order valence-electron chi connectivity index (χ2n) is 4.88. The Bertz CT molecular complexity index is 909. The number of anilines is 1. The molecule has 6 nitrogen and oxygen atoms in total. The van der Waals surface area contributed by atoms with Crippen molar-refractivity contribution < 1.29 is 4.92 Å². The fourth-order valence-corrected chi connectivity index (χ4v) is 3.17. The Morgan fingerprint density at radius 2 is 2.00 bits per heavy atom. The van der Waals surface area contributed by atoms with Gasteiger partial charge in [0.2, 0.25) is 0 Å². The van der Waals surface area contributed by atoms with Crippen LogP contribution in [0.2, 0.25) is 0 Å². The quantitative estimate of drug-likeness (QED) is 0.416. The number of thiazole rings is 1. The Hall–Kier alpha value is -2.84. The van der Waals surface area contributed by atoms with Crippen molar-refractivity contribution in [2.75, 3.05) is 5.32 Å². The van der Waals surface area contributed by atoms with Gasteiger partial charge >= 0.3 is 0 Å². The lowest BCUT2D eigenvalue weighted by Crippen LogP contribution is -2.19. The zero-order valence-corrected chi connectivity index (χ0v) is 13.9. The molecule has 120 valence electrons. The van der Waals surface area contributed by atoms with E-state index in [2.05, 4.69) is 10.3 Å². The van der Waals surface area contributed by atoms with Crippen LogP contribution >= 0.6 is 23.6 Å². The smallest absolute Gasteiger partial charge is 0.270 e.